The number of rotatable bonds is 5. The summed E-state index contributed by atoms with van der Waals surface area (Å²) in [5.41, 5.74) is 8.52. The van der Waals surface area contributed by atoms with Gasteiger partial charge in [-0.1, -0.05) is 19.9 Å². The Hall–Kier alpha value is -1.02. The molecule has 2 N–H and O–H groups in total. The molecule has 0 heterocycles. The van der Waals surface area contributed by atoms with Gasteiger partial charge in [0.15, 0.2) is 0 Å². The SMILES string of the molecule is Cc1ccc(OCCC(N)C(C)C)cc1C. The van der Waals surface area contributed by atoms with Crippen molar-refractivity contribution >= 4 is 0 Å². The third-order valence-electron chi connectivity index (χ3n) is 3.05. The largest absolute Gasteiger partial charge is 0.494 e. The monoisotopic (exact) mass is 221 g/mol. The van der Waals surface area contributed by atoms with Crippen LogP contribution in [-0.2, 0) is 0 Å². The van der Waals surface area contributed by atoms with E-state index in [-0.39, 0.29) is 6.04 Å². The van der Waals surface area contributed by atoms with Crippen LogP contribution in [-0.4, -0.2) is 12.6 Å². The zero-order valence-corrected chi connectivity index (χ0v) is 10.8. The predicted octanol–water partition coefficient (Wildman–Crippen LogP) is 3.06. The van der Waals surface area contributed by atoms with E-state index in [1.807, 2.05) is 6.07 Å². The zero-order chi connectivity index (χ0) is 12.1. The number of benzene rings is 1. The number of nitrogens with two attached hydrogens (primary N) is 1. The van der Waals surface area contributed by atoms with Crippen LogP contribution in [0.5, 0.6) is 5.75 Å². The zero-order valence-electron chi connectivity index (χ0n) is 10.8. The van der Waals surface area contributed by atoms with Gasteiger partial charge in [0.05, 0.1) is 6.61 Å². The smallest absolute Gasteiger partial charge is 0.119 e. The molecule has 0 spiro atoms. The average Bonchev–Trinajstić information content (AvgIpc) is 2.23. The Morgan fingerprint density at radius 1 is 1.19 bits per heavy atom. The van der Waals surface area contributed by atoms with Gasteiger partial charge in [0, 0.05) is 6.04 Å². The molecule has 0 aliphatic rings. The van der Waals surface area contributed by atoms with Crippen LogP contribution >= 0.6 is 0 Å². The van der Waals surface area contributed by atoms with Crippen LogP contribution < -0.4 is 10.5 Å². The summed E-state index contributed by atoms with van der Waals surface area (Å²) < 4.78 is 5.68. The molecule has 1 atom stereocenters. The third kappa shape index (κ3) is 3.86. The van der Waals surface area contributed by atoms with E-state index in [1.54, 1.807) is 0 Å². The van der Waals surface area contributed by atoms with Crippen molar-refractivity contribution in [3.05, 3.63) is 29.3 Å². The average molecular weight is 221 g/mol. The van der Waals surface area contributed by atoms with Crippen LogP contribution in [0.25, 0.3) is 0 Å². The van der Waals surface area contributed by atoms with E-state index >= 15 is 0 Å². The van der Waals surface area contributed by atoms with Gasteiger partial charge in [-0.25, -0.2) is 0 Å². The Labute approximate surface area is 98.8 Å². The first-order valence-corrected chi connectivity index (χ1v) is 5.96. The summed E-state index contributed by atoms with van der Waals surface area (Å²) in [4.78, 5) is 0. The lowest BCUT2D eigenvalue weighted by Gasteiger charge is -2.16. The molecule has 0 fully saturated rings. The normalized spacial score (nSPS) is 12.9. The lowest BCUT2D eigenvalue weighted by atomic mass is 10.0. The standard InChI is InChI=1S/C14H23NO/c1-10(2)14(15)7-8-16-13-6-5-11(3)12(4)9-13/h5-6,9-10,14H,7-8,15H2,1-4H3. The molecule has 2 nitrogen and oxygen atoms in total. The van der Waals surface area contributed by atoms with Crippen molar-refractivity contribution in [3.8, 4) is 5.75 Å². The second-order valence-corrected chi connectivity index (χ2v) is 4.79. The van der Waals surface area contributed by atoms with Crippen LogP contribution in [0.3, 0.4) is 0 Å². The molecule has 0 saturated carbocycles. The Balaban J connectivity index is 2.40. The van der Waals surface area contributed by atoms with E-state index in [4.69, 9.17) is 10.5 Å². The van der Waals surface area contributed by atoms with E-state index in [9.17, 15) is 0 Å². The fourth-order valence-electron chi connectivity index (χ4n) is 1.45. The van der Waals surface area contributed by atoms with Crippen molar-refractivity contribution < 1.29 is 4.74 Å². The van der Waals surface area contributed by atoms with Gasteiger partial charge in [-0.05, 0) is 49.4 Å². The molecule has 0 aliphatic carbocycles. The van der Waals surface area contributed by atoms with E-state index in [0.29, 0.717) is 12.5 Å². The van der Waals surface area contributed by atoms with E-state index in [1.165, 1.54) is 11.1 Å². The molecule has 2 heteroatoms. The van der Waals surface area contributed by atoms with Crippen LogP contribution in [0, 0.1) is 19.8 Å². The molecule has 0 aliphatic heterocycles. The Kier molecular flexibility index (Phi) is 4.81. The number of hydrogen-bond acceptors (Lipinski definition) is 2. The molecule has 1 rings (SSSR count). The predicted molar refractivity (Wildman–Crippen MR) is 68.8 cm³/mol. The second-order valence-electron chi connectivity index (χ2n) is 4.79. The number of ether oxygens (including phenoxy) is 1. The molecule has 1 aromatic rings. The highest BCUT2D eigenvalue weighted by Crippen LogP contribution is 2.16. The summed E-state index contributed by atoms with van der Waals surface area (Å²) in [7, 11) is 0. The summed E-state index contributed by atoms with van der Waals surface area (Å²) in [6, 6.07) is 6.42. The molecule has 0 amide bonds. The van der Waals surface area contributed by atoms with Gasteiger partial charge in [-0.2, -0.15) is 0 Å². The van der Waals surface area contributed by atoms with Gasteiger partial charge < -0.3 is 10.5 Å². The molecule has 0 radical (unpaired) electrons. The summed E-state index contributed by atoms with van der Waals surface area (Å²) in [6.45, 7) is 9.18. The van der Waals surface area contributed by atoms with Crippen LogP contribution in [0.4, 0.5) is 0 Å². The van der Waals surface area contributed by atoms with Gasteiger partial charge in [0.25, 0.3) is 0 Å². The summed E-state index contributed by atoms with van der Waals surface area (Å²) >= 11 is 0. The van der Waals surface area contributed by atoms with Crippen LogP contribution in [0.2, 0.25) is 0 Å². The highest BCUT2D eigenvalue weighted by atomic mass is 16.5. The van der Waals surface area contributed by atoms with Gasteiger partial charge in [0.1, 0.15) is 5.75 Å². The summed E-state index contributed by atoms with van der Waals surface area (Å²) in [6.07, 6.45) is 0.907. The van der Waals surface area contributed by atoms with Crippen molar-refractivity contribution in [1.82, 2.24) is 0 Å². The minimum Gasteiger partial charge on any atom is -0.494 e. The fourth-order valence-corrected chi connectivity index (χ4v) is 1.45. The Bertz CT molecular complexity index is 334. The maximum Gasteiger partial charge on any atom is 0.119 e. The first-order valence-electron chi connectivity index (χ1n) is 5.96. The van der Waals surface area contributed by atoms with E-state index < -0.39 is 0 Å². The van der Waals surface area contributed by atoms with Crippen molar-refractivity contribution in [3.63, 3.8) is 0 Å². The van der Waals surface area contributed by atoms with Gasteiger partial charge in [0.2, 0.25) is 0 Å². The Morgan fingerprint density at radius 3 is 2.44 bits per heavy atom. The van der Waals surface area contributed by atoms with Gasteiger partial charge in [-0.15, -0.1) is 0 Å². The van der Waals surface area contributed by atoms with Crippen molar-refractivity contribution in [2.75, 3.05) is 6.61 Å². The number of hydrogen-bond donors (Lipinski definition) is 1. The topological polar surface area (TPSA) is 35.2 Å². The fraction of sp³-hybridized carbons (Fsp3) is 0.571. The molecule has 0 bridgehead atoms. The van der Waals surface area contributed by atoms with E-state index in [0.717, 1.165) is 12.2 Å². The highest BCUT2D eigenvalue weighted by molar-refractivity contribution is 5.33. The first-order chi connectivity index (χ1) is 7.50. The van der Waals surface area contributed by atoms with Crippen molar-refractivity contribution in [2.45, 2.75) is 40.2 Å². The highest BCUT2D eigenvalue weighted by Gasteiger charge is 2.07. The quantitative estimate of drug-likeness (QED) is 0.829. The molecular weight excluding hydrogens is 198 g/mol. The molecule has 16 heavy (non-hydrogen) atoms. The summed E-state index contributed by atoms with van der Waals surface area (Å²) in [5, 5.41) is 0. The molecule has 0 saturated heterocycles. The molecule has 0 aromatic heterocycles. The molecule has 1 aromatic carbocycles. The Morgan fingerprint density at radius 2 is 1.88 bits per heavy atom. The maximum absolute atomic E-state index is 5.95. The maximum atomic E-state index is 5.95. The van der Waals surface area contributed by atoms with Crippen LogP contribution in [0.1, 0.15) is 31.4 Å². The van der Waals surface area contributed by atoms with Crippen molar-refractivity contribution in [1.29, 1.82) is 0 Å². The summed E-state index contributed by atoms with van der Waals surface area (Å²) in [5.74, 6) is 1.46. The minimum absolute atomic E-state index is 0.228. The lowest BCUT2D eigenvalue weighted by Crippen LogP contribution is -2.28. The molecule has 90 valence electrons. The second kappa shape index (κ2) is 5.90. The van der Waals surface area contributed by atoms with Gasteiger partial charge in [-0.3, -0.25) is 0 Å². The molecule has 1 unspecified atom stereocenters. The minimum atomic E-state index is 0.228. The van der Waals surface area contributed by atoms with Crippen molar-refractivity contribution in [2.24, 2.45) is 11.7 Å². The van der Waals surface area contributed by atoms with Crippen LogP contribution in [0.15, 0.2) is 18.2 Å². The third-order valence-corrected chi connectivity index (χ3v) is 3.05. The first kappa shape index (κ1) is 13.0. The molecular formula is C14H23NO. The lowest BCUT2D eigenvalue weighted by molar-refractivity contribution is 0.282. The van der Waals surface area contributed by atoms with E-state index in [2.05, 4.69) is 39.8 Å². The van der Waals surface area contributed by atoms with Gasteiger partial charge >= 0.3 is 0 Å². The number of aryl methyl sites for hydroxylation is 2.